The van der Waals surface area contributed by atoms with Gasteiger partial charge in [0.05, 0.1) is 10.6 Å². The number of hydrogen-bond donors (Lipinski definition) is 1. The van der Waals surface area contributed by atoms with Gasteiger partial charge in [-0.1, -0.05) is 6.07 Å². The average Bonchev–Trinajstić information content (AvgIpc) is 3.34. The molecule has 0 spiro atoms. The lowest BCUT2D eigenvalue weighted by Gasteiger charge is -2.05. The van der Waals surface area contributed by atoms with Crippen LogP contribution in [0.2, 0.25) is 0 Å². The summed E-state index contributed by atoms with van der Waals surface area (Å²) in [7, 11) is 0. The van der Waals surface area contributed by atoms with E-state index in [4.69, 9.17) is 0 Å². The summed E-state index contributed by atoms with van der Waals surface area (Å²) in [4.78, 5) is 18.3. The maximum Gasteiger partial charge on any atom is 0.251 e. The standard InChI is InChI=1S/C17H12F2N4OS2/c18-12-4-3-10(8-13(12)19)16(24)20-6-5-11-9-26-17-21-15(22-23(11)17)14-2-1-7-25-14/h1-4,7-9H,5-6H2,(H,20,24). The summed E-state index contributed by atoms with van der Waals surface area (Å²) < 4.78 is 27.9. The SMILES string of the molecule is O=C(NCCc1csc2nc(-c3cccs3)nn12)c1ccc(F)c(F)c1. The number of carbonyl (C=O) groups is 1. The highest BCUT2D eigenvalue weighted by Gasteiger charge is 2.13. The van der Waals surface area contributed by atoms with Gasteiger partial charge in [-0.3, -0.25) is 4.79 Å². The summed E-state index contributed by atoms with van der Waals surface area (Å²) in [6.07, 6.45) is 0.544. The number of amides is 1. The Hall–Kier alpha value is -2.65. The fourth-order valence-corrected chi connectivity index (χ4v) is 3.96. The Morgan fingerprint density at radius 2 is 2.08 bits per heavy atom. The van der Waals surface area contributed by atoms with Crippen LogP contribution in [-0.2, 0) is 6.42 Å². The van der Waals surface area contributed by atoms with Crippen molar-refractivity contribution >= 4 is 33.5 Å². The topological polar surface area (TPSA) is 59.3 Å². The van der Waals surface area contributed by atoms with Crippen molar-refractivity contribution in [2.45, 2.75) is 6.42 Å². The van der Waals surface area contributed by atoms with Crippen LogP contribution in [0, 0.1) is 11.6 Å². The molecule has 132 valence electrons. The molecule has 0 atom stereocenters. The fourth-order valence-electron chi connectivity index (χ4n) is 2.45. The number of rotatable bonds is 5. The molecule has 0 unspecified atom stereocenters. The molecule has 0 fully saturated rings. The van der Waals surface area contributed by atoms with Gasteiger partial charge in [0.15, 0.2) is 17.5 Å². The van der Waals surface area contributed by atoms with Gasteiger partial charge in [-0.15, -0.1) is 27.8 Å². The van der Waals surface area contributed by atoms with Gasteiger partial charge in [0.2, 0.25) is 4.96 Å². The van der Waals surface area contributed by atoms with Crippen molar-refractivity contribution in [3.05, 3.63) is 64.0 Å². The second-order valence-corrected chi connectivity index (χ2v) is 7.25. The first-order valence-electron chi connectivity index (χ1n) is 7.72. The average molecular weight is 390 g/mol. The van der Waals surface area contributed by atoms with Crippen LogP contribution in [0.4, 0.5) is 8.78 Å². The number of halogens is 2. The summed E-state index contributed by atoms with van der Waals surface area (Å²) in [5.41, 5.74) is 1.01. The Balaban J connectivity index is 1.43. The number of thiazole rings is 1. The maximum absolute atomic E-state index is 13.2. The molecule has 0 radical (unpaired) electrons. The summed E-state index contributed by atoms with van der Waals surface area (Å²) in [5, 5.41) is 11.1. The number of carbonyl (C=O) groups excluding carboxylic acids is 1. The van der Waals surface area contributed by atoms with Crippen molar-refractivity contribution in [1.82, 2.24) is 19.9 Å². The number of nitrogens with zero attached hydrogens (tertiary/aromatic N) is 3. The highest BCUT2D eigenvalue weighted by molar-refractivity contribution is 7.15. The van der Waals surface area contributed by atoms with Crippen LogP contribution in [0.1, 0.15) is 16.1 Å². The van der Waals surface area contributed by atoms with Crippen LogP contribution in [0.25, 0.3) is 15.7 Å². The number of hydrogen-bond acceptors (Lipinski definition) is 5. The first-order valence-corrected chi connectivity index (χ1v) is 9.48. The lowest BCUT2D eigenvalue weighted by molar-refractivity contribution is 0.0953. The first kappa shape index (κ1) is 16.8. The molecule has 0 aliphatic heterocycles. The molecule has 0 saturated carbocycles. The van der Waals surface area contributed by atoms with Crippen molar-refractivity contribution in [2.24, 2.45) is 0 Å². The van der Waals surface area contributed by atoms with Crippen molar-refractivity contribution in [3.8, 4) is 10.7 Å². The van der Waals surface area contributed by atoms with E-state index < -0.39 is 17.5 Å². The van der Waals surface area contributed by atoms with E-state index in [1.165, 1.54) is 17.4 Å². The van der Waals surface area contributed by atoms with E-state index >= 15 is 0 Å². The Labute approximate surface area is 154 Å². The minimum absolute atomic E-state index is 0.0834. The minimum Gasteiger partial charge on any atom is -0.352 e. The predicted molar refractivity (Wildman–Crippen MR) is 96.6 cm³/mol. The Bertz CT molecular complexity index is 1070. The maximum atomic E-state index is 13.2. The van der Waals surface area contributed by atoms with E-state index in [9.17, 15) is 13.6 Å². The van der Waals surface area contributed by atoms with Crippen molar-refractivity contribution in [3.63, 3.8) is 0 Å². The predicted octanol–water partition coefficient (Wildman–Crippen LogP) is 3.77. The molecule has 0 aliphatic rings. The van der Waals surface area contributed by atoms with Gasteiger partial charge in [-0.05, 0) is 29.6 Å². The Morgan fingerprint density at radius 3 is 2.85 bits per heavy atom. The van der Waals surface area contributed by atoms with Crippen LogP contribution in [-0.4, -0.2) is 27.0 Å². The number of aromatic nitrogens is 3. The second kappa shape index (κ2) is 6.93. The first-order chi connectivity index (χ1) is 12.6. The molecular weight excluding hydrogens is 378 g/mol. The van der Waals surface area contributed by atoms with Crippen LogP contribution >= 0.6 is 22.7 Å². The lowest BCUT2D eigenvalue weighted by Crippen LogP contribution is -2.26. The molecule has 4 aromatic rings. The van der Waals surface area contributed by atoms with Crippen LogP contribution in [0.5, 0.6) is 0 Å². The molecule has 5 nitrogen and oxygen atoms in total. The molecular formula is C17H12F2N4OS2. The highest BCUT2D eigenvalue weighted by atomic mass is 32.1. The monoisotopic (exact) mass is 390 g/mol. The van der Waals surface area contributed by atoms with E-state index in [1.54, 1.807) is 15.9 Å². The summed E-state index contributed by atoms with van der Waals surface area (Å²) in [5.74, 6) is -1.79. The number of fused-ring (bicyclic) bond motifs is 1. The third kappa shape index (κ3) is 3.23. The molecule has 1 amide bonds. The van der Waals surface area contributed by atoms with Crippen molar-refractivity contribution in [1.29, 1.82) is 0 Å². The van der Waals surface area contributed by atoms with E-state index in [1.807, 2.05) is 22.9 Å². The summed E-state index contributed by atoms with van der Waals surface area (Å²) >= 11 is 3.05. The van der Waals surface area contributed by atoms with E-state index in [-0.39, 0.29) is 5.56 Å². The van der Waals surface area contributed by atoms with E-state index in [2.05, 4.69) is 15.4 Å². The molecule has 4 rings (SSSR count). The number of thiophene rings is 1. The van der Waals surface area contributed by atoms with Gasteiger partial charge in [0, 0.05) is 23.9 Å². The molecule has 0 bridgehead atoms. The third-order valence-electron chi connectivity index (χ3n) is 3.74. The Kier molecular flexibility index (Phi) is 4.48. The zero-order valence-electron chi connectivity index (χ0n) is 13.3. The van der Waals surface area contributed by atoms with Crippen molar-refractivity contribution in [2.75, 3.05) is 6.54 Å². The van der Waals surface area contributed by atoms with Gasteiger partial charge in [-0.2, -0.15) is 4.98 Å². The summed E-state index contributed by atoms with van der Waals surface area (Å²) in [6.45, 7) is 0.345. The van der Waals surface area contributed by atoms with E-state index in [0.717, 1.165) is 27.7 Å². The van der Waals surface area contributed by atoms with Gasteiger partial charge in [-0.25, -0.2) is 13.3 Å². The van der Waals surface area contributed by atoms with Gasteiger partial charge >= 0.3 is 0 Å². The van der Waals surface area contributed by atoms with Gasteiger partial charge in [0.25, 0.3) is 5.91 Å². The largest absolute Gasteiger partial charge is 0.352 e. The molecule has 3 aromatic heterocycles. The highest BCUT2D eigenvalue weighted by Crippen LogP contribution is 2.24. The molecule has 3 heterocycles. The third-order valence-corrected chi connectivity index (χ3v) is 5.47. The minimum atomic E-state index is -1.04. The zero-order chi connectivity index (χ0) is 18.1. The van der Waals surface area contributed by atoms with Crippen molar-refractivity contribution < 1.29 is 13.6 Å². The number of benzene rings is 1. The molecule has 26 heavy (non-hydrogen) atoms. The smallest absolute Gasteiger partial charge is 0.251 e. The zero-order valence-corrected chi connectivity index (χ0v) is 14.9. The lowest BCUT2D eigenvalue weighted by atomic mass is 10.2. The number of nitrogens with one attached hydrogen (secondary N) is 1. The van der Waals surface area contributed by atoms with Crippen LogP contribution in [0.15, 0.2) is 41.1 Å². The quantitative estimate of drug-likeness (QED) is 0.564. The van der Waals surface area contributed by atoms with Crippen LogP contribution < -0.4 is 5.32 Å². The second-order valence-electron chi connectivity index (χ2n) is 5.47. The van der Waals surface area contributed by atoms with Gasteiger partial charge < -0.3 is 5.32 Å². The van der Waals surface area contributed by atoms with E-state index in [0.29, 0.717) is 18.8 Å². The van der Waals surface area contributed by atoms with Gasteiger partial charge in [0.1, 0.15) is 0 Å². The molecule has 0 aliphatic carbocycles. The molecule has 1 N–H and O–H groups in total. The van der Waals surface area contributed by atoms with Crippen LogP contribution in [0.3, 0.4) is 0 Å². The fraction of sp³-hybridized carbons (Fsp3) is 0.118. The normalized spacial score (nSPS) is 11.2. The Morgan fingerprint density at radius 1 is 1.19 bits per heavy atom. The summed E-state index contributed by atoms with van der Waals surface area (Å²) in [6, 6.07) is 6.99. The molecule has 9 heteroatoms. The molecule has 0 saturated heterocycles. The molecule has 1 aromatic carbocycles.